The molecule has 0 saturated carbocycles. The third-order valence-corrected chi connectivity index (χ3v) is 3.03. The minimum absolute atomic E-state index is 0.0582. The van der Waals surface area contributed by atoms with Gasteiger partial charge >= 0.3 is 0 Å². The predicted molar refractivity (Wildman–Crippen MR) is 69.4 cm³/mol. The molecule has 0 spiro atoms. The van der Waals surface area contributed by atoms with Crippen molar-refractivity contribution in [2.75, 3.05) is 5.32 Å². The van der Waals surface area contributed by atoms with Crippen molar-refractivity contribution < 1.29 is 18.0 Å². The molecule has 3 nitrogen and oxygen atoms in total. The third-order valence-electron chi connectivity index (χ3n) is 2.75. The van der Waals surface area contributed by atoms with Crippen molar-refractivity contribution in [3.8, 4) is 0 Å². The average Bonchev–Trinajstić information content (AvgIpc) is 2.60. The first-order valence-corrected chi connectivity index (χ1v) is 5.96. The molecule has 20 heavy (non-hydrogen) atoms. The molecule has 2 rings (SSSR count). The number of carbonyl (C=O) groups is 1. The van der Waals surface area contributed by atoms with E-state index in [2.05, 4.69) is 5.32 Å². The normalized spacial score (nSPS) is 10.7. The summed E-state index contributed by atoms with van der Waals surface area (Å²) in [6.07, 6.45) is 1.45. The first-order chi connectivity index (χ1) is 9.31. The zero-order valence-electron chi connectivity index (χ0n) is 10.6. The molecule has 2 aromatic rings. The second kappa shape index (κ2) is 5.20. The van der Waals surface area contributed by atoms with Gasteiger partial charge in [0.15, 0.2) is 17.5 Å². The number of halogens is 4. The fraction of sp³-hybridized carbons (Fsp3) is 0.154. The van der Waals surface area contributed by atoms with Gasteiger partial charge < -0.3 is 9.88 Å². The highest BCUT2D eigenvalue weighted by Gasteiger charge is 2.19. The monoisotopic (exact) mass is 302 g/mol. The van der Waals surface area contributed by atoms with Gasteiger partial charge in [-0.1, -0.05) is 11.6 Å². The highest BCUT2D eigenvalue weighted by atomic mass is 35.5. The maximum atomic E-state index is 13.8. The Hall–Kier alpha value is -1.95. The quantitative estimate of drug-likeness (QED) is 0.844. The smallest absolute Gasteiger partial charge is 0.275 e. The predicted octanol–water partition coefficient (Wildman–Crippen LogP) is 3.66. The van der Waals surface area contributed by atoms with Crippen LogP contribution in [0.2, 0.25) is 5.02 Å². The molecule has 0 fully saturated rings. The summed E-state index contributed by atoms with van der Waals surface area (Å²) in [6, 6.07) is 1.82. The number of rotatable bonds is 2. The summed E-state index contributed by atoms with van der Waals surface area (Å²) in [4.78, 5) is 11.9. The van der Waals surface area contributed by atoms with Crippen LogP contribution >= 0.6 is 11.6 Å². The number of anilines is 1. The molecule has 0 aliphatic carbocycles. The fourth-order valence-corrected chi connectivity index (χ4v) is 2.04. The number of hydrogen-bond acceptors (Lipinski definition) is 1. The van der Waals surface area contributed by atoms with Gasteiger partial charge in [-0.25, -0.2) is 13.2 Å². The Kier molecular flexibility index (Phi) is 3.76. The minimum atomic E-state index is -1.20. The van der Waals surface area contributed by atoms with E-state index in [-0.39, 0.29) is 11.4 Å². The van der Waals surface area contributed by atoms with Gasteiger partial charge in [0.2, 0.25) is 0 Å². The summed E-state index contributed by atoms with van der Waals surface area (Å²) < 4.78 is 41.2. The van der Waals surface area contributed by atoms with Crippen molar-refractivity contribution in [3.63, 3.8) is 0 Å². The molecule has 1 aromatic heterocycles. The first kappa shape index (κ1) is 14.5. The molecule has 1 heterocycles. The zero-order chi connectivity index (χ0) is 15.0. The lowest BCUT2D eigenvalue weighted by atomic mass is 10.2. The Labute approximate surface area is 118 Å². The third kappa shape index (κ3) is 2.51. The van der Waals surface area contributed by atoms with Gasteiger partial charge in [0.25, 0.3) is 5.91 Å². The van der Waals surface area contributed by atoms with E-state index < -0.39 is 28.4 Å². The topological polar surface area (TPSA) is 34.0 Å². The SMILES string of the molecule is Cc1cn(C)c(C(=O)Nc2cc(F)c(F)c(Cl)c2)c1F. The van der Waals surface area contributed by atoms with Crippen LogP contribution in [0, 0.1) is 24.4 Å². The maximum Gasteiger partial charge on any atom is 0.275 e. The molecular weight excluding hydrogens is 293 g/mol. The lowest BCUT2D eigenvalue weighted by Gasteiger charge is -2.07. The maximum absolute atomic E-state index is 13.8. The van der Waals surface area contributed by atoms with Gasteiger partial charge in [0.05, 0.1) is 5.02 Å². The Balaban J connectivity index is 2.33. The zero-order valence-corrected chi connectivity index (χ0v) is 11.4. The Morgan fingerprint density at radius 1 is 1.25 bits per heavy atom. The van der Waals surface area contributed by atoms with Gasteiger partial charge in [0.1, 0.15) is 5.69 Å². The van der Waals surface area contributed by atoms with Crippen LogP contribution in [0.1, 0.15) is 16.1 Å². The Morgan fingerprint density at radius 3 is 2.40 bits per heavy atom. The van der Waals surface area contributed by atoms with E-state index >= 15 is 0 Å². The van der Waals surface area contributed by atoms with E-state index in [4.69, 9.17) is 11.6 Å². The number of nitrogens with zero attached hydrogens (tertiary/aromatic N) is 1. The van der Waals surface area contributed by atoms with Crippen LogP contribution in [-0.2, 0) is 7.05 Å². The molecule has 0 atom stereocenters. The first-order valence-electron chi connectivity index (χ1n) is 5.58. The second-order valence-electron chi connectivity index (χ2n) is 4.29. The molecule has 0 bridgehead atoms. The average molecular weight is 303 g/mol. The highest BCUT2D eigenvalue weighted by Crippen LogP contribution is 2.23. The van der Waals surface area contributed by atoms with Gasteiger partial charge in [-0.05, 0) is 13.0 Å². The molecule has 7 heteroatoms. The molecule has 0 saturated heterocycles. The van der Waals surface area contributed by atoms with Crippen LogP contribution in [0.25, 0.3) is 0 Å². The van der Waals surface area contributed by atoms with Crippen molar-refractivity contribution in [2.24, 2.45) is 7.05 Å². The number of amides is 1. The van der Waals surface area contributed by atoms with Crippen molar-refractivity contribution in [2.45, 2.75) is 6.92 Å². The molecule has 0 unspecified atom stereocenters. The van der Waals surface area contributed by atoms with E-state index in [1.54, 1.807) is 0 Å². The second-order valence-corrected chi connectivity index (χ2v) is 4.70. The van der Waals surface area contributed by atoms with E-state index in [0.29, 0.717) is 5.56 Å². The van der Waals surface area contributed by atoms with E-state index in [1.807, 2.05) is 0 Å². The number of aromatic nitrogens is 1. The number of hydrogen-bond donors (Lipinski definition) is 1. The number of carbonyl (C=O) groups excluding carboxylic acids is 1. The molecule has 106 valence electrons. The van der Waals surface area contributed by atoms with E-state index in [9.17, 15) is 18.0 Å². The van der Waals surface area contributed by atoms with Gasteiger partial charge in [-0.15, -0.1) is 0 Å². The van der Waals surface area contributed by atoms with Crippen molar-refractivity contribution in [3.05, 3.63) is 52.1 Å². The molecular formula is C13H10ClF3N2O. The number of benzene rings is 1. The van der Waals surface area contributed by atoms with Gasteiger partial charge in [-0.2, -0.15) is 0 Å². The lowest BCUT2D eigenvalue weighted by Crippen LogP contribution is -2.17. The standard InChI is InChI=1S/C13H10ClF3N2O/c1-6-5-19(2)12(10(6)16)13(20)18-7-3-8(14)11(17)9(15)4-7/h3-5H,1-2H3,(H,18,20). The largest absolute Gasteiger partial charge is 0.344 e. The Bertz CT molecular complexity index is 674. The van der Waals surface area contributed by atoms with Crippen molar-refractivity contribution in [1.29, 1.82) is 0 Å². The molecule has 0 aliphatic heterocycles. The lowest BCUT2D eigenvalue weighted by molar-refractivity contribution is 0.101. The molecule has 0 radical (unpaired) electrons. The van der Waals surface area contributed by atoms with Crippen LogP contribution in [0.5, 0.6) is 0 Å². The number of nitrogens with one attached hydrogen (secondary N) is 1. The molecule has 1 amide bonds. The fourth-order valence-electron chi connectivity index (χ4n) is 1.83. The van der Waals surface area contributed by atoms with E-state index in [1.165, 1.54) is 24.7 Å². The van der Waals surface area contributed by atoms with Crippen molar-refractivity contribution >= 4 is 23.2 Å². The summed E-state index contributed by atoms with van der Waals surface area (Å²) in [5.41, 5.74) is 0.0430. The summed E-state index contributed by atoms with van der Waals surface area (Å²) >= 11 is 5.47. The molecule has 1 N–H and O–H groups in total. The summed E-state index contributed by atoms with van der Waals surface area (Å²) in [6.45, 7) is 1.51. The highest BCUT2D eigenvalue weighted by molar-refractivity contribution is 6.31. The number of aryl methyl sites for hydroxylation is 2. The van der Waals surface area contributed by atoms with Gasteiger partial charge in [0, 0.05) is 30.6 Å². The molecule has 0 aliphatic rings. The van der Waals surface area contributed by atoms with Crippen LogP contribution in [0.3, 0.4) is 0 Å². The van der Waals surface area contributed by atoms with Crippen molar-refractivity contribution in [1.82, 2.24) is 4.57 Å². The summed E-state index contributed by atoms with van der Waals surface area (Å²) in [5, 5.41) is 1.80. The Morgan fingerprint density at radius 2 is 1.90 bits per heavy atom. The van der Waals surface area contributed by atoms with Gasteiger partial charge in [-0.3, -0.25) is 4.79 Å². The van der Waals surface area contributed by atoms with Crippen LogP contribution in [0.15, 0.2) is 18.3 Å². The molecule has 1 aromatic carbocycles. The summed E-state index contributed by atoms with van der Waals surface area (Å²) in [7, 11) is 1.50. The summed E-state index contributed by atoms with van der Waals surface area (Å²) in [5.74, 6) is -3.85. The van der Waals surface area contributed by atoms with E-state index in [0.717, 1.165) is 12.1 Å². The minimum Gasteiger partial charge on any atom is -0.344 e. The van der Waals surface area contributed by atoms with Crippen LogP contribution < -0.4 is 5.32 Å². The van der Waals surface area contributed by atoms with Crippen LogP contribution in [-0.4, -0.2) is 10.5 Å². The van der Waals surface area contributed by atoms with Crippen LogP contribution in [0.4, 0.5) is 18.9 Å².